The van der Waals surface area contributed by atoms with Gasteiger partial charge in [0.2, 0.25) is 0 Å². The second kappa shape index (κ2) is 7.84. The van der Waals surface area contributed by atoms with Gasteiger partial charge in [-0.3, -0.25) is 4.40 Å². The van der Waals surface area contributed by atoms with E-state index in [9.17, 15) is 9.59 Å². The summed E-state index contributed by atoms with van der Waals surface area (Å²) in [6.45, 7) is 0.0888. The molecule has 132 valence electrons. The lowest BCUT2D eigenvalue weighted by molar-refractivity contribution is -0.138. The fourth-order valence-corrected chi connectivity index (χ4v) is 2.58. The fourth-order valence-electron chi connectivity index (χ4n) is 2.34. The van der Waals surface area contributed by atoms with E-state index in [1.165, 1.54) is 13.2 Å². The Morgan fingerprint density at radius 2 is 1.96 bits per heavy atom. The first-order chi connectivity index (χ1) is 12.6. The Kier molecular flexibility index (Phi) is 5.34. The quantitative estimate of drug-likeness (QED) is 0.507. The number of rotatable bonds is 5. The average molecular weight is 371 g/mol. The zero-order chi connectivity index (χ0) is 18.5. The smallest absolute Gasteiger partial charge is 0.337 e. The summed E-state index contributed by atoms with van der Waals surface area (Å²) in [7, 11) is 1.32. The summed E-state index contributed by atoms with van der Waals surface area (Å²) in [5, 5.41) is 0.304. The van der Waals surface area contributed by atoms with Crippen LogP contribution in [0.25, 0.3) is 11.7 Å². The summed E-state index contributed by atoms with van der Waals surface area (Å²) < 4.78 is 11.6. The molecule has 0 aliphatic rings. The Labute approximate surface area is 154 Å². The summed E-state index contributed by atoms with van der Waals surface area (Å²) in [5.74, 6) is -0.926. The van der Waals surface area contributed by atoms with Crippen molar-refractivity contribution in [1.29, 1.82) is 0 Å². The van der Waals surface area contributed by atoms with Gasteiger partial charge in [0, 0.05) is 12.3 Å². The van der Waals surface area contributed by atoms with Crippen molar-refractivity contribution in [3.05, 3.63) is 76.7 Å². The monoisotopic (exact) mass is 370 g/mol. The van der Waals surface area contributed by atoms with Crippen LogP contribution in [0.5, 0.6) is 0 Å². The van der Waals surface area contributed by atoms with Crippen molar-refractivity contribution in [2.75, 3.05) is 7.11 Å². The van der Waals surface area contributed by atoms with Gasteiger partial charge in [0.15, 0.2) is 5.15 Å². The third-order valence-electron chi connectivity index (χ3n) is 3.66. The molecule has 0 saturated carbocycles. The molecule has 1 aromatic carbocycles. The molecule has 0 amide bonds. The number of pyridine rings is 1. The molecule has 3 rings (SSSR count). The number of aromatic nitrogens is 2. The maximum absolute atomic E-state index is 11.9. The summed E-state index contributed by atoms with van der Waals surface area (Å²) in [6, 6.07) is 12.1. The van der Waals surface area contributed by atoms with Crippen LogP contribution in [0.1, 0.15) is 21.6 Å². The minimum Gasteiger partial charge on any atom is -0.465 e. The summed E-state index contributed by atoms with van der Waals surface area (Å²) >= 11 is 6.10. The van der Waals surface area contributed by atoms with E-state index >= 15 is 0 Å². The normalized spacial score (nSPS) is 11.0. The Balaban J connectivity index is 1.62. The third kappa shape index (κ3) is 3.92. The topological polar surface area (TPSA) is 69.9 Å². The number of imidazole rings is 1. The van der Waals surface area contributed by atoms with E-state index in [4.69, 9.17) is 16.3 Å². The van der Waals surface area contributed by atoms with E-state index in [2.05, 4.69) is 9.72 Å². The number of hydrogen-bond acceptors (Lipinski definition) is 5. The van der Waals surface area contributed by atoms with Crippen LogP contribution in [0.4, 0.5) is 0 Å². The molecule has 2 heterocycles. The minimum absolute atomic E-state index is 0.0888. The lowest BCUT2D eigenvalue weighted by Crippen LogP contribution is -2.03. The van der Waals surface area contributed by atoms with Crippen molar-refractivity contribution in [2.24, 2.45) is 0 Å². The van der Waals surface area contributed by atoms with Crippen LogP contribution in [0.2, 0.25) is 5.15 Å². The van der Waals surface area contributed by atoms with Gasteiger partial charge < -0.3 is 9.47 Å². The van der Waals surface area contributed by atoms with Crippen LogP contribution in [0.15, 0.2) is 54.7 Å². The Bertz CT molecular complexity index is 977. The number of ether oxygens (including phenoxy) is 2. The molecule has 0 saturated heterocycles. The highest BCUT2D eigenvalue weighted by Crippen LogP contribution is 2.19. The molecule has 3 aromatic rings. The fraction of sp³-hybridized carbons (Fsp3) is 0.105. The molecule has 0 aliphatic heterocycles. The third-order valence-corrected chi connectivity index (χ3v) is 3.93. The number of halogens is 1. The molecule has 0 aliphatic carbocycles. The number of hydrogen-bond donors (Lipinski definition) is 0. The Morgan fingerprint density at radius 3 is 2.69 bits per heavy atom. The summed E-state index contributed by atoms with van der Waals surface area (Å²) in [4.78, 5) is 27.5. The summed E-state index contributed by atoms with van der Waals surface area (Å²) in [6.07, 6.45) is 4.66. The molecule has 0 N–H and O–H groups in total. The average Bonchev–Trinajstić information content (AvgIpc) is 2.99. The van der Waals surface area contributed by atoms with Gasteiger partial charge in [-0.1, -0.05) is 29.8 Å². The highest BCUT2D eigenvalue weighted by Gasteiger charge is 2.08. The lowest BCUT2D eigenvalue weighted by atomic mass is 10.1. The van der Waals surface area contributed by atoms with Crippen LogP contribution in [0.3, 0.4) is 0 Å². The van der Waals surface area contributed by atoms with Gasteiger partial charge in [0.05, 0.1) is 18.4 Å². The van der Waals surface area contributed by atoms with Gasteiger partial charge in [0.25, 0.3) is 0 Å². The first-order valence-corrected chi connectivity index (χ1v) is 8.11. The van der Waals surface area contributed by atoms with Crippen LogP contribution >= 0.6 is 11.6 Å². The maximum Gasteiger partial charge on any atom is 0.337 e. The van der Waals surface area contributed by atoms with Gasteiger partial charge in [0.1, 0.15) is 12.3 Å². The minimum atomic E-state index is -0.510. The SMILES string of the molecule is COC(=O)c1ccc(COC(=O)/C=C/c2c(Cl)nc3ccccn23)cc1. The van der Waals surface area contributed by atoms with Gasteiger partial charge in [-0.15, -0.1) is 0 Å². The van der Waals surface area contributed by atoms with Crippen LogP contribution < -0.4 is 0 Å². The largest absolute Gasteiger partial charge is 0.465 e. The molecule has 0 bridgehead atoms. The van der Waals surface area contributed by atoms with E-state index in [1.54, 1.807) is 34.7 Å². The van der Waals surface area contributed by atoms with Crippen molar-refractivity contribution in [1.82, 2.24) is 9.38 Å². The molecule has 26 heavy (non-hydrogen) atoms. The van der Waals surface area contributed by atoms with Crippen LogP contribution in [-0.4, -0.2) is 28.4 Å². The lowest BCUT2D eigenvalue weighted by Gasteiger charge is -2.04. The van der Waals surface area contributed by atoms with Crippen molar-refractivity contribution in [3.8, 4) is 0 Å². The standard InChI is InChI=1S/C19H15ClN2O4/c1-25-19(24)14-7-5-13(6-8-14)12-26-17(23)10-9-15-18(20)21-16-4-2-3-11-22(15)16/h2-11H,12H2,1H3/b10-9+. The van der Waals surface area contributed by atoms with Crippen molar-refractivity contribution >= 4 is 35.3 Å². The molecule has 0 fully saturated rings. The van der Waals surface area contributed by atoms with Crippen LogP contribution in [-0.2, 0) is 20.9 Å². The first-order valence-electron chi connectivity index (χ1n) is 7.73. The molecule has 0 unspecified atom stereocenters. The number of esters is 2. The molecule has 2 aromatic heterocycles. The molecule has 7 heteroatoms. The van der Waals surface area contributed by atoms with Crippen molar-refractivity contribution in [3.63, 3.8) is 0 Å². The molecule has 6 nitrogen and oxygen atoms in total. The number of carbonyl (C=O) groups excluding carboxylic acids is 2. The second-order valence-electron chi connectivity index (χ2n) is 5.35. The van der Waals surface area contributed by atoms with E-state index in [0.717, 1.165) is 5.56 Å². The van der Waals surface area contributed by atoms with Gasteiger partial charge >= 0.3 is 11.9 Å². The molecular formula is C19H15ClN2O4. The van der Waals surface area contributed by atoms with Crippen LogP contribution in [0, 0.1) is 0 Å². The van der Waals surface area contributed by atoms with E-state index in [-0.39, 0.29) is 6.61 Å². The zero-order valence-electron chi connectivity index (χ0n) is 13.9. The molecular weight excluding hydrogens is 356 g/mol. The van der Waals surface area contributed by atoms with E-state index in [0.29, 0.717) is 22.1 Å². The molecule has 0 spiro atoms. The van der Waals surface area contributed by atoms with Gasteiger partial charge in [-0.2, -0.15) is 0 Å². The maximum atomic E-state index is 11.9. The number of methoxy groups -OCH3 is 1. The Hall–Kier alpha value is -3.12. The predicted octanol–water partition coefficient (Wildman–Crippen LogP) is 3.53. The highest BCUT2D eigenvalue weighted by atomic mass is 35.5. The molecule has 0 radical (unpaired) electrons. The number of carbonyl (C=O) groups is 2. The molecule has 0 atom stereocenters. The van der Waals surface area contributed by atoms with Crippen molar-refractivity contribution in [2.45, 2.75) is 6.61 Å². The predicted molar refractivity (Wildman–Crippen MR) is 96.8 cm³/mol. The Morgan fingerprint density at radius 1 is 1.19 bits per heavy atom. The second-order valence-corrected chi connectivity index (χ2v) is 5.70. The number of nitrogens with zero attached hydrogens (tertiary/aromatic N) is 2. The first kappa shape index (κ1) is 17.7. The number of benzene rings is 1. The van der Waals surface area contributed by atoms with Gasteiger partial charge in [-0.25, -0.2) is 14.6 Å². The van der Waals surface area contributed by atoms with E-state index < -0.39 is 11.9 Å². The number of fused-ring (bicyclic) bond motifs is 1. The van der Waals surface area contributed by atoms with E-state index in [1.807, 2.05) is 24.4 Å². The zero-order valence-corrected chi connectivity index (χ0v) is 14.6. The highest BCUT2D eigenvalue weighted by molar-refractivity contribution is 6.31. The summed E-state index contributed by atoms with van der Waals surface area (Å²) in [5.41, 5.74) is 2.48. The van der Waals surface area contributed by atoms with Crippen molar-refractivity contribution < 1.29 is 19.1 Å². The van der Waals surface area contributed by atoms with Gasteiger partial charge in [-0.05, 0) is 35.9 Å².